The van der Waals surface area contributed by atoms with Gasteiger partial charge >= 0.3 is 6.03 Å². The fourth-order valence-corrected chi connectivity index (χ4v) is 1.18. The lowest BCUT2D eigenvalue weighted by atomic mass is 10.3. The summed E-state index contributed by atoms with van der Waals surface area (Å²) in [6.07, 6.45) is -0.819. The van der Waals surface area contributed by atoms with E-state index in [4.69, 9.17) is 10.2 Å². The van der Waals surface area contributed by atoms with Crippen molar-refractivity contribution in [2.45, 2.75) is 6.10 Å². The van der Waals surface area contributed by atoms with Crippen LogP contribution in [0.5, 0.6) is 0 Å². The maximum absolute atomic E-state index is 11.2. The van der Waals surface area contributed by atoms with E-state index in [-0.39, 0.29) is 19.2 Å². The summed E-state index contributed by atoms with van der Waals surface area (Å²) in [6, 6.07) is -0.0810. The van der Waals surface area contributed by atoms with Crippen molar-refractivity contribution >= 4 is 6.03 Å². The molecule has 0 bridgehead atoms. The predicted octanol–water partition coefficient (Wildman–Crippen LogP) is -1.29. The van der Waals surface area contributed by atoms with Gasteiger partial charge in [0.05, 0.1) is 19.3 Å². The molecule has 0 aromatic rings. The number of aliphatic hydroxyl groups is 2. The molecule has 1 heterocycles. The molecule has 1 aliphatic rings. The highest BCUT2D eigenvalue weighted by Gasteiger charge is 2.26. The van der Waals surface area contributed by atoms with Crippen molar-refractivity contribution in [1.82, 2.24) is 9.80 Å². The van der Waals surface area contributed by atoms with Crippen LogP contribution in [0.15, 0.2) is 0 Å². The number of urea groups is 1. The summed E-state index contributed by atoms with van der Waals surface area (Å²) in [5.74, 6) is 0. The van der Waals surface area contributed by atoms with E-state index in [9.17, 15) is 4.79 Å². The first-order valence-corrected chi connectivity index (χ1v) is 3.94. The molecule has 70 valence electrons. The normalized spacial score (nSPS) is 20.4. The van der Waals surface area contributed by atoms with Crippen LogP contribution in [-0.2, 0) is 0 Å². The lowest BCUT2D eigenvalue weighted by Crippen LogP contribution is -2.37. The summed E-state index contributed by atoms with van der Waals surface area (Å²) in [7, 11) is 1.72. The number of aliphatic hydroxyl groups excluding tert-OH is 2. The summed E-state index contributed by atoms with van der Waals surface area (Å²) in [6.45, 7) is 1.25. The molecule has 0 aromatic heterocycles. The first-order chi connectivity index (χ1) is 5.65. The SMILES string of the molecule is CN1CCN(CC(O)CO)C1=O. The van der Waals surface area contributed by atoms with E-state index in [1.54, 1.807) is 11.9 Å². The molecule has 0 radical (unpaired) electrons. The number of likely N-dealkylation sites (N-methyl/N-ethyl adjacent to an activating group) is 1. The smallest absolute Gasteiger partial charge is 0.319 e. The Balaban J connectivity index is 2.39. The van der Waals surface area contributed by atoms with E-state index >= 15 is 0 Å². The Kier molecular flexibility index (Phi) is 2.88. The molecular weight excluding hydrogens is 160 g/mol. The first-order valence-electron chi connectivity index (χ1n) is 3.94. The number of β-amino-alcohol motifs (C(OH)–C–C–N with tert-alkyl or cyclic N) is 1. The van der Waals surface area contributed by atoms with E-state index in [0.717, 1.165) is 0 Å². The maximum atomic E-state index is 11.2. The fourth-order valence-electron chi connectivity index (χ4n) is 1.18. The zero-order chi connectivity index (χ0) is 9.14. The van der Waals surface area contributed by atoms with Crippen molar-refractivity contribution in [3.05, 3.63) is 0 Å². The molecule has 2 amide bonds. The van der Waals surface area contributed by atoms with Gasteiger partial charge in [-0.1, -0.05) is 0 Å². The van der Waals surface area contributed by atoms with E-state index in [1.165, 1.54) is 4.90 Å². The molecular formula is C7H14N2O3. The molecule has 1 atom stereocenters. The van der Waals surface area contributed by atoms with Crippen LogP contribution in [0, 0.1) is 0 Å². The highest BCUT2D eigenvalue weighted by Crippen LogP contribution is 2.05. The highest BCUT2D eigenvalue weighted by molar-refractivity contribution is 5.76. The van der Waals surface area contributed by atoms with Gasteiger partial charge in [-0.05, 0) is 0 Å². The van der Waals surface area contributed by atoms with Crippen LogP contribution in [0.25, 0.3) is 0 Å². The minimum atomic E-state index is -0.819. The fraction of sp³-hybridized carbons (Fsp3) is 0.857. The van der Waals surface area contributed by atoms with Crippen molar-refractivity contribution in [3.8, 4) is 0 Å². The number of nitrogens with zero attached hydrogens (tertiary/aromatic N) is 2. The number of hydrogen-bond acceptors (Lipinski definition) is 3. The number of rotatable bonds is 3. The van der Waals surface area contributed by atoms with E-state index < -0.39 is 6.10 Å². The second-order valence-corrected chi connectivity index (χ2v) is 2.99. The Bertz CT molecular complexity index is 174. The van der Waals surface area contributed by atoms with Gasteiger partial charge in [-0.15, -0.1) is 0 Å². The number of carbonyl (C=O) groups excluding carboxylic acids is 1. The van der Waals surface area contributed by atoms with Crippen molar-refractivity contribution in [3.63, 3.8) is 0 Å². The second-order valence-electron chi connectivity index (χ2n) is 2.99. The van der Waals surface area contributed by atoms with Gasteiger partial charge in [-0.2, -0.15) is 0 Å². The van der Waals surface area contributed by atoms with Gasteiger partial charge in [0.25, 0.3) is 0 Å². The molecule has 1 rings (SSSR count). The maximum Gasteiger partial charge on any atom is 0.319 e. The van der Waals surface area contributed by atoms with Crippen molar-refractivity contribution in [1.29, 1.82) is 0 Å². The molecule has 1 fully saturated rings. The first kappa shape index (κ1) is 9.28. The third-order valence-electron chi connectivity index (χ3n) is 1.94. The van der Waals surface area contributed by atoms with Gasteiger partial charge in [-0.25, -0.2) is 4.79 Å². The van der Waals surface area contributed by atoms with Crippen LogP contribution in [0.1, 0.15) is 0 Å². The van der Waals surface area contributed by atoms with Gasteiger partial charge in [0.1, 0.15) is 0 Å². The van der Waals surface area contributed by atoms with E-state index in [0.29, 0.717) is 13.1 Å². The van der Waals surface area contributed by atoms with Crippen LogP contribution >= 0.6 is 0 Å². The van der Waals surface area contributed by atoms with Gasteiger partial charge in [0.15, 0.2) is 0 Å². The highest BCUT2D eigenvalue weighted by atomic mass is 16.3. The molecule has 1 unspecified atom stereocenters. The largest absolute Gasteiger partial charge is 0.394 e. The van der Waals surface area contributed by atoms with E-state index in [1.807, 2.05) is 0 Å². The summed E-state index contributed by atoms with van der Waals surface area (Å²) in [4.78, 5) is 14.3. The monoisotopic (exact) mass is 174 g/mol. The molecule has 5 nitrogen and oxygen atoms in total. The average Bonchev–Trinajstić information content (AvgIpc) is 2.36. The topological polar surface area (TPSA) is 64.0 Å². The molecule has 0 spiro atoms. The summed E-state index contributed by atoms with van der Waals surface area (Å²) in [5, 5.41) is 17.6. The lowest BCUT2D eigenvalue weighted by molar-refractivity contribution is 0.0719. The molecule has 1 aliphatic heterocycles. The van der Waals surface area contributed by atoms with Crippen LogP contribution in [0.2, 0.25) is 0 Å². The average molecular weight is 174 g/mol. The lowest BCUT2D eigenvalue weighted by Gasteiger charge is -2.18. The molecule has 1 saturated heterocycles. The van der Waals surface area contributed by atoms with Gasteiger partial charge in [0.2, 0.25) is 0 Å². The van der Waals surface area contributed by atoms with Gasteiger partial charge in [-0.3, -0.25) is 0 Å². The third-order valence-corrected chi connectivity index (χ3v) is 1.94. The van der Waals surface area contributed by atoms with Gasteiger partial charge in [0, 0.05) is 20.1 Å². The van der Waals surface area contributed by atoms with E-state index in [2.05, 4.69) is 0 Å². The Morgan fingerprint density at radius 2 is 2.25 bits per heavy atom. The minimum Gasteiger partial charge on any atom is -0.394 e. The standard InChI is InChI=1S/C7H14N2O3/c1-8-2-3-9(7(8)12)4-6(11)5-10/h6,10-11H,2-5H2,1H3. The Morgan fingerprint density at radius 3 is 2.67 bits per heavy atom. The minimum absolute atomic E-state index is 0.0810. The van der Waals surface area contributed by atoms with Crippen LogP contribution < -0.4 is 0 Å². The summed E-state index contributed by atoms with van der Waals surface area (Å²) >= 11 is 0. The Labute approximate surface area is 71.2 Å². The van der Waals surface area contributed by atoms with Crippen molar-refractivity contribution < 1.29 is 15.0 Å². The van der Waals surface area contributed by atoms with Crippen LogP contribution in [0.4, 0.5) is 4.79 Å². The predicted molar refractivity (Wildman–Crippen MR) is 42.7 cm³/mol. The zero-order valence-electron chi connectivity index (χ0n) is 7.10. The molecule has 0 aromatic carbocycles. The quantitative estimate of drug-likeness (QED) is 0.559. The number of amides is 2. The summed E-state index contributed by atoms with van der Waals surface area (Å²) in [5.41, 5.74) is 0. The molecule has 5 heteroatoms. The molecule has 12 heavy (non-hydrogen) atoms. The Hall–Kier alpha value is -0.810. The number of hydrogen-bond donors (Lipinski definition) is 2. The zero-order valence-corrected chi connectivity index (χ0v) is 7.10. The Morgan fingerprint density at radius 1 is 1.58 bits per heavy atom. The number of carbonyl (C=O) groups is 1. The van der Waals surface area contributed by atoms with Crippen molar-refractivity contribution in [2.24, 2.45) is 0 Å². The second kappa shape index (κ2) is 3.73. The molecule has 0 saturated carbocycles. The molecule has 2 N–H and O–H groups in total. The third kappa shape index (κ3) is 1.86. The van der Waals surface area contributed by atoms with Crippen LogP contribution in [-0.4, -0.2) is 65.4 Å². The van der Waals surface area contributed by atoms with Gasteiger partial charge < -0.3 is 20.0 Å². The van der Waals surface area contributed by atoms with Crippen LogP contribution in [0.3, 0.4) is 0 Å². The molecule has 0 aliphatic carbocycles. The van der Waals surface area contributed by atoms with Crippen molar-refractivity contribution in [2.75, 3.05) is 33.3 Å². The summed E-state index contributed by atoms with van der Waals surface area (Å²) < 4.78 is 0.